The van der Waals surface area contributed by atoms with E-state index in [2.05, 4.69) is 130 Å². The molecule has 0 radical (unpaired) electrons. The summed E-state index contributed by atoms with van der Waals surface area (Å²) >= 11 is 0. The molecule has 0 aliphatic heterocycles. The first-order valence-corrected chi connectivity index (χ1v) is 27.4. The minimum Gasteiger partial charge on any atom is -0.462 e. The Labute approximate surface area is 412 Å². The van der Waals surface area contributed by atoms with Crippen LogP contribution < -0.4 is 0 Å². The first-order chi connectivity index (χ1) is 33.0. The second-order valence-corrected chi connectivity index (χ2v) is 17.7. The van der Waals surface area contributed by atoms with Gasteiger partial charge >= 0.3 is 17.9 Å². The second kappa shape index (κ2) is 54.7. The first kappa shape index (κ1) is 63.1. The predicted octanol–water partition coefficient (Wildman–Crippen LogP) is 18.3. The Hall–Kier alpha value is -3.93. The molecule has 0 aromatic carbocycles. The zero-order valence-corrected chi connectivity index (χ0v) is 43.4. The number of carbonyl (C=O) groups is 3. The number of rotatable bonds is 48. The van der Waals surface area contributed by atoms with Crippen molar-refractivity contribution < 1.29 is 28.6 Å². The number of hydrogen-bond donors (Lipinski definition) is 0. The van der Waals surface area contributed by atoms with E-state index in [1.54, 1.807) is 0 Å². The Bertz CT molecular complexity index is 1390. The van der Waals surface area contributed by atoms with Crippen molar-refractivity contribution >= 4 is 17.9 Å². The van der Waals surface area contributed by atoms with Crippen molar-refractivity contribution in [1.82, 2.24) is 0 Å². The van der Waals surface area contributed by atoms with Gasteiger partial charge in [-0.2, -0.15) is 0 Å². The average molecular weight is 929 g/mol. The monoisotopic (exact) mass is 929 g/mol. The Morgan fingerprint density at radius 3 is 0.955 bits per heavy atom. The van der Waals surface area contributed by atoms with Gasteiger partial charge in [-0.05, 0) is 116 Å². The highest BCUT2D eigenvalue weighted by molar-refractivity contribution is 5.71. The molecule has 0 aromatic rings. The Morgan fingerprint density at radius 1 is 0.313 bits per heavy atom. The van der Waals surface area contributed by atoms with Crippen molar-refractivity contribution in [3.63, 3.8) is 0 Å². The van der Waals surface area contributed by atoms with Crippen molar-refractivity contribution in [3.05, 3.63) is 109 Å². The van der Waals surface area contributed by atoms with Crippen LogP contribution in [0.2, 0.25) is 0 Å². The summed E-state index contributed by atoms with van der Waals surface area (Å²) in [5.41, 5.74) is 0. The number of carbonyl (C=O) groups excluding carboxylic acids is 3. The van der Waals surface area contributed by atoms with Crippen molar-refractivity contribution in [1.29, 1.82) is 0 Å². The van der Waals surface area contributed by atoms with Crippen molar-refractivity contribution in [3.8, 4) is 0 Å². The molecular formula is C61H100O6. The van der Waals surface area contributed by atoms with E-state index in [0.29, 0.717) is 19.3 Å². The fourth-order valence-corrected chi connectivity index (χ4v) is 7.17. The van der Waals surface area contributed by atoms with Crippen LogP contribution in [0.1, 0.15) is 239 Å². The van der Waals surface area contributed by atoms with Gasteiger partial charge in [0.2, 0.25) is 0 Å². The highest BCUT2D eigenvalue weighted by atomic mass is 16.6. The van der Waals surface area contributed by atoms with Crippen molar-refractivity contribution in [2.24, 2.45) is 0 Å². The van der Waals surface area contributed by atoms with Gasteiger partial charge in [0.15, 0.2) is 6.10 Å². The van der Waals surface area contributed by atoms with Crippen molar-refractivity contribution in [2.75, 3.05) is 13.2 Å². The van der Waals surface area contributed by atoms with E-state index in [0.717, 1.165) is 116 Å². The van der Waals surface area contributed by atoms with Gasteiger partial charge in [-0.3, -0.25) is 14.4 Å². The van der Waals surface area contributed by atoms with Crippen LogP contribution in [0.25, 0.3) is 0 Å². The van der Waals surface area contributed by atoms with Gasteiger partial charge in [-0.15, -0.1) is 0 Å². The second-order valence-electron chi connectivity index (χ2n) is 17.7. The molecule has 0 amide bonds. The molecule has 1 unspecified atom stereocenters. The summed E-state index contributed by atoms with van der Waals surface area (Å²) in [6, 6.07) is 0. The third kappa shape index (κ3) is 52.9. The SMILES string of the molecule is CC/C=C\C/C=C\C/C=C\C/C=C\CCCCCCCCCCCCC(=O)OCC(COC(=O)CCCCCCC/C=C\CCCC)OC(=O)CCCC/C=C\C/C=C\C/C=C\C/C=C\CC. The van der Waals surface area contributed by atoms with Crippen LogP contribution >= 0.6 is 0 Å². The molecule has 0 aliphatic carbocycles. The van der Waals surface area contributed by atoms with Gasteiger partial charge in [-0.1, -0.05) is 214 Å². The fourth-order valence-electron chi connectivity index (χ4n) is 7.17. The van der Waals surface area contributed by atoms with Gasteiger partial charge in [0.25, 0.3) is 0 Å². The summed E-state index contributed by atoms with van der Waals surface area (Å²) < 4.78 is 16.8. The normalized spacial score (nSPS) is 12.9. The molecule has 6 heteroatoms. The van der Waals surface area contributed by atoms with E-state index in [1.165, 1.54) is 77.0 Å². The zero-order valence-electron chi connectivity index (χ0n) is 43.4. The Balaban J connectivity index is 4.37. The third-order valence-electron chi connectivity index (χ3n) is 11.2. The average Bonchev–Trinajstić information content (AvgIpc) is 3.33. The van der Waals surface area contributed by atoms with E-state index in [1.807, 2.05) is 0 Å². The molecule has 0 heterocycles. The minimum absolute atomic E-state index is 0.101. The summed E-state index contributed by atoms with van der Waals surface area (Å²) in [5, 5.41) is 0. The zero-order chi connectivity index (χ0) is 48.6. The van der Waals surface area contributed by atoms with Crippen molar-refractivity contribution in [2.45, 2.75) is 245 Å². The van der Waals surface area contributed by atoms with E-state index in [4.69, 9.17) is 14.2 Å². The number of unbranched alkanes of at least 4 members (excludes halogenated alkanes) is 19. The van der Waals surface area contributed by atoms with E-state index in [9.17, 15) is 14.4 Å². The topological polar surface area (TPSA) is 78.9 Å². The molecule has 6 nitrogen and oxygen atoms in total. The molecule has 67 heavy (non-hydrogen) atoms. The van der Waals surface area contributed by atoms with E-state index < -0.39 is 6.10 Å². The van der Waals surface area contributed by atoms with Crippen LogP contribution in [0, 0.1) is 0 Å². The lowest BCUT2D eigenvalue weighted by atomic mass is 10.1. The molecule has 0 N–H and O–H groups in total. The van der Waals surface area contributed by atoms with Gasteiger partial charge in [0.1, 0.15) is 13.2 Å². The Morgan fingerprint density at radius 2 is 0.582 bits per heavy atom. The van der Waals surface area contributed by atoms with Crippen LogP contribution in [0.3, 0.4) is 0 Å². The number of ether oxygens (including phenoxy) is 3. The van der Waals surface area contributed by atoms with Crippen LogP contribution in [0.4, 0.5) is 0 Å². The molecule has 0 spiro atoms. The summed E-state index contributed by atoms with van der Waals surface area (Å²) in [6.45, 7) is 6.32. The summed E-state index contributed by atoms with van der Waals surface area (Å²) in [7, 11) is 0. The van der Waals surface area contributed by atoms with Gasteiger partial charge in [-0.25, -0.2) is 0 Å². The molecule has 0 aliphatic rings. The molecule has 380 valence electrons. The van der Waals surface area contributed by atoms with E-state index >= 15 is 0 Å². The summed E-state index contributed by atoms with van der Waals surface area (Å²) in [5.74, 6) is -0.960. The first-order valence-electron chi connectivity index (χ1n) is 27.4. The van der Waals surface area contributed by atoms with E-state index in [-0.39, 0.29) is 37.5 Å². The van der Waals surface area contributed by atoms with Gasteiger partial charge < -0.3 is 14.2 Å². The van der Waals surface area contributed by atoms with Gasteiger partial charge in [0, 0.05) is 19.3 Å². The maximum absolute atomic E-state index is 12.8. The smallest absolute Gasteiger partial charge is 0.306 e. The quantitative estimate of drug-likeness (QED) is 0.0262. The Kier molecular flexibility index (Phi) is 51.5. The standard InChI is InChI=1S/C61H100O6/c1-4-7-10-13-16-19-22-24-26-27-28-29-30-31-32-33-35-36-39-42-45-48-51-54-60(63)66-57-58(56-65-59(62)53-50-47-44-41-38-21-18-15-12-9-6-3)67-61(64)55-52-49-46-43-40-37-34-25-23-20-17-14-11-8-5-2/h7-8,10-11,15-20,24-26,28-29,34,40,43,58H,4-6,9,12-14,21-23,27,30-33,35-39,41-42,44-57H2,1-3H3/b10-7-,11-8-,18-15-,19-16-,20-17-,26-24-,29-28-,34-25-,43-40-. The van der Waals surface area contributed by atoms with Crippen LogP contribution in [-0.2, 0) is 28.6 Å². The molecule has 0 saturated heterocycles. The lowest BCUT2D eigenvalue weighted by Crippen LogP contribution is -2.30. The van der Waals surface area contributed by atoms with Crippen LogP contribution in [0.15, 0.2) is 109 Å². The minimum atomic E-state index is -0.806. The summed E-state index contributed by atoms with van der Waals surface area (Å²) in [6.07, 6.45) is 73.7. The molecule has 0 aromatic heterocycles. The third-order valence-corrected chi connectivity index (χ3v) is 11.2. The van der Waals surface area contributed by atoms with Crippen LogP contribution in [0.5, 0.6) is 0 Å². The molecule has 1 atom stereocenters. The fraction of sp³-hybridized carbons (Fsp3) is 0.656. The maximum atomic E-state index is 12.8. The lowest BCUT2D eigenvalue weighted by molar-refractivity contribution is -0.167. The maximum Gasteiger partial charge on any atom is 0.306 e. The molecule has 0 rings (SSSR count). The molecule has 0 fully saturated rings. The predicted molar refractivity (Wildman–Crippen MR) is 288 cm³/mol. The molecule has 0 saturated carbocycles. The highest BCUT2D eigenvalue weighted by Gasteiger charge is 2.19. The van der Waals surface area contributed by atoms with Gasteiger partial charge in [0.05, 0.1) is 0 Å². The molecule has 0 bridgehead atoms. The summed E-state index contributed by atoms with van der Waals surface area (Å²) in [4.78, 5) is 38.0. The largest absolute Gasteiger partial charge is 0.462 e. The lowest BCUT2D eigenvalue weighted by Gasteiger charge is -2.18. The number of hydrogen-bond acceptors (Lipinski definition) is 6. The number of esters is 3. The highest BCUT2D eigenvalue weighted by Crippen LogP contribution is 2.14. The molecular weight excluding hydrogens is 829 g/mol. The van der Waals surface area contributed by atoms with Crippen LogP contribution in [-0.4, -0.2) is 37.2 Å². The number of allylic oxidation sites excluding steroid dienone is 18.